The van der Waals surface area contributed by atoms with Crippen molar-refractivity contribution < 1.29 is 14.3 Å². The summed E-state index contributed by atoms with van der Waals surface area (Å²) in [5.74, 6) is 0.752. The highest BCUT2D eigenvalue weighted by Crippen LogP contribution is 2.32. The molecule has 5 nitrogen and oxygen atoms in total. The molecule has 1 amide bonds. The average molecular weight is 362 g/mol. The second kappa shape index (κ2) is 8.36. The Kier molecular flexibility index (Phi) is 5.71. The van der Waals surface area contributed by atoms with Gasteiger partial charge in [0.15, 0.2) is 0 Å². The van der Waals surface area contributed by atoms with Gasteiger partial charge >= 0.3 is 0 Å². The summed E-state index contributed by atoms with van der Waals surface area (Å²) in [4.78, 5) is 19.4. The number of amides is 1. The predicted molar refractivity (Wildman–Crippen MR) is 105 cm³/mol. The molecule has 3 aromatic rings. The number of rotatable bonds is 6. The summed E-state index contributed by atoms with van der Waals surface area (Å²) in [6.45, 7) is 2.40. The van der Waals surface area contributed by atoms with Crippen molar-refractivity contribution in [3.8, 4) is 11.5 Å². The first-order chi connectivity index (χ1) is 13.1. The van der Waals surface area contributed by atoms with Crippen LogP contribution in [0.4, 0.5) is 5.69 Å². The largest absolute Gasteiger partial charge is 0.496 e. The van der Waals surface area contributed by atoms with E-state index in [4.69, 9.17) is 9.47 Å². The van der Waals surface area contributed by atoms with Crippen LogP contribution in [-0.4, -0.2) is 25.1 Å². The van der Waals surface area contributed by atoms with Crippen molar-refractivity contribution >= 4 is 11.6 Å². The summed E-state index contributed by atoms with van der Waals surface area (Å²) in [7, 11) is 3.09. The van der Waals surface area contributed by atoms with Gasteiger partial charge in [-0.05, 0) is 42.8 Å². The molecule has 0 bridgehead atoms. The zero-order valence-electron chi connectivity index (χ0n) is 15.7. The van der Waals surface area contributed by atoms with Gasteiger partial charge in [-0.3, -0.25) is 9.78 Å². The van der Waals surface area contributed by atoms with E-state index in [1.165, 1.54) is 0 Å². The molecule has 0 unspecified atom stereocenters. The molecule has 1 heterocycles. The number of aryl methyl sites for hydroxylation is 1. The van der Waals surface area contributed by atoms with Crippen LogP contribution in [0, 0.1) is 6.92 Å². The third-order valence-electron chi connectivity index (χ3n) is 4.30. The quantitative estimate of drug-likeness (QED) is 0.658. The second-order valence-corrected chi connectivity index (χ2v) is 6.13. The molecule has 0 atom stereocenters. The zero-order valence-corrected chi connectivity index (χ0v) is 15.7. The third kappa shape index (κ3) is 4.08. The van der Waals surface area contributed by atoms with Crippen LogP contribution in [0.2, 0.25) is 0 Å². The van der Waals surface area contributed by atoms with Crippen molar-refractivity contribution in [3.05, 3.63) is 83.7 Å². The molecule has 0 saturated carbocycles. The van der Waals surface area contributed by atoms with E-state index in [9.17, 15) is 4.79 Å². The van der Waals surface area contributed by atoms with Crippen molar-refractivity contribution in [2.75, 3.05) is 19.1 Å². The lowest BCUT2D eigenvalue weighted by atomic mass is 10.1. The van der Waals surface area contributed by atoms with Gasteiger partial charge in [0, 0.05) is 18.1 Å². The molecule has 0 radical (unpaired) electrons. The van der Waals surface area contributed by atoms with Crippen LogP contribution in [0.5, 0.6) is 11.5 Å². The highest BCUT2D eigenvalue weighted by Gasteiger charge is 2.25. The summed E-state index contributed by atoms with van der Waals surface area (Å²) in [6, 6.07) is 17.0. The maximum absolute atomic E-state index is 13.5. The summed E-state index contributed by atoms with van der Waals surface area (Å²) < 4.78 is 10.8. The Morgan fingerprint density at radius 3 is 2.19 bits per heavy atom. The molecule has 0 spiro atoms. The number of benzene rings is 2. The van der Waals surface area contributed by atoms with Crippen molar-refractivity contribution in [3.63, 3.8) is 0 Å². The molecule has 27 heavy (non-hydrogen) atoms. The van der Waals surface area contributed by atoms with Crippen LogP contribution in [0.3, 0.4) is 0 Å². The molecule has 0 saturated heterocycles. The molecule has 1 aromatic heterocycles. The van der Waals surface area contributed by atoms with Gasteiger partial charge in [-0.15, -0.1) is 0 Å². The minimum Gasteiger partial charge on any atom is -0.496 e. The lowest BCUT2D eigenvalue weighted by Crippen LogP contribution is -2.31. The molecule has 138 valence electrons. The number of anilines is 1. The standard InChI is InChI=1S/C22H22N2O3/c1-16-9-11-18(12-10-16)24(15-17-6-5-13-23-14-17)22(25)21-19(26-2)7-4-8-20(21)27-3/h4-14H,15H2,1-3H3. The number of carbonyl (C=O) groups is 1. The van der Waals surface area contributed by atoms with E-state index in [0.717, 1.165) is 16.8 Å². The molecule has 0 aliphatic rings. The second-order valence-electron chi connectivity index (χ2n) is 6.13. The molecule has 0 aliphatic carbocycles. The van der Waals surface area contributed by atoms with Gasteiger partial charge in [-0.1, -0.05) is 29.8 Å². The SMILES string of the molecule is COc1cccc(OC)c1C(=O)N(Cc1cccnc1)c1ccc(C)cc1. The number of hydrogen-bond acceptors (Lipinski definition) is 4. The number of carbonyl (C=O) groups excluding carboxylic acids is 1. The van der Waals surface area contributed by atoms with Crippen LogP contribution in [0.1, 0.15) is 21.5 Å². The molecule has 3 rings (SSSR count). The van der Waals surface area contributed by atoms with Crippen LogP contribution < -0.4 is 14.4 Å². The van der Waals surface area contributed by atoms with Crippen LogP contribution in [-0.2, 0) is 6.54 Å². The number of methoxy groups -OCH3 is 2. The first-order valence-electron chi connectivity index (χ1n) is 8.62. The van der Waals surface area contributed by atoms with Gasteiger partial charge in [0.1, 0.15) is 17.1 Å². The van der Waals surface area contributed by atoms with Crippen molar-refractivity contribution in [2.24, 2.45) is 0 Å². The van der Waals surface area contributed by atoms with E-state index in [1.807, 2.05) is 43.3 Å². The maximum atomic E-state index is 13.5. The molecular formula is C22H22N2O3. The Morgan fingerprint density at radius 1 is 0.963 bits per heavy atom. The predicted octanol–water partition coefficient (Wildman–Crippen LogP) is 4.25. The molecule has 0 N–H and O–H groups in total. The van der Waals surface area contributed by atoms with E-state index in [2.05, 4.69) is 4.98 Å². The Morgan fingerprint density at radius 2 is 1.63 bits per heavy atom. The fraction of sp³-hybridized carbons (Fsp3) is 0.182. The number of nitrogens with zero attached hydrogens (tertiary/aromatic N) is 2. The normalized spacial score (nSPS) is 10.3. The van der Waals surface area contributed by atoms with Crippen molar-refractivity contribution in [1.82, 2.24) is 4.98 Å². The highest BCUT2D eigenvalue weighted by atomic mass is 16.5. The van der Waals surface area contributed by atoms with E-state index in [1.54, 1.807) is 49.7 Å². The van der Waals surface area contributed by atoms with Crippen molar-refractivity contribution in [1.29, 1.82) is 0 Å². The van der Waals surface area contributed by atoms with Gasteiger partial charge in [0.2, 0.25) is 0 Å². The number of ether oxygens (including phenoxy) is 2. The Balaban J connectivity index is 2.07. The van der Waals surface area contributed by atoms with Gasteiger partial charge in [0.05, 0.1) is 20.8 Å². The van der Waals surface area contributed by atoms with Crippen LogP contribution >= 0.6 is 0 Å². The van der Waals surface area contributed by atoms with E-state index in [-0.39, 0.29) is 5.91 Å². The zero-order chi connectivity index (χ0) is 19.2. The Bertz CT molecular complexity index is 886. The monoisotopic (exact) mass is 362 g/mol. The van der Waals surface area contributed by atoms with E-state index in [0.29, 0.717) is 23.6 Å². The topological polar surface area (TPSA) is 51.7 Å². The van der Waals surface area contributed by atoms with E-state index < -0.39 is 0 Å². The first kappa shape index (κ1) is 18.5. The fourth-order valence-corrected chi connectivity index (χ4v) is 2.88. The third-order valence-corrected chi connectivity index (χ3v) is 4.30. The Hall–Kier alpha value is -3.34. The number of pyridine rings is 1. The summed E-state index contributed by atoms with van der Waals surface area (Å²) in [6.07, 6.45) is 3.47. The summed E-state index contributed by atoms with van der Waals surface area (Å²) in [5, 5.41) is 0. The lowest BCUT2D eigenvalue weighted by Gasteiger charge is -2.25. The van der Waals surface area contributed by atoms with E-state index >= 15 is 0 Å². The first-order valence-corrected chi connectivity index (χ1v) is 8.62. The fourth-order valence-electron chi connectivity index (χ4n) is 2.88. The summed E-state index contributed by atoms with van der Waals surface area (Å²) >= 11 is 0. The van der Waals surface area contributed by atoms with Crippen LogP contribution in [0.15, 0.2) is 67.0 Å². The number of hydrogen-bond donors (Lipinski definition) is 0. The Labute approximate surface area is 159 Å². The molecular weight excluding hydrogens is 340 g/mol. The van der Waals surface area contributed by atoms with Crippen LogP contribution in [0.25, 0.3) is 0 Å². The number of aromatic nitrogens is 1. The summed E-state index contributed by atoms with van der Waals surface area (Å²) in [5.41, 5.74) is 3.25. The van der Waals surface area contributed by atoms with Crippen molar-refractivity contribution in [2.45, 2.75) is 13.5 Å². The average Bonchev–Trinajstić information content (AvgIpc) is 2.72. The van der Waals surface area contributed by atoms with Gasteiger partial charge in [0.25, 0.3) is 5.91 Å². The minimum absolute atomic E-state index is 0.197. The van der Waals surface area contributed by atoms with Gasteiger partial charge in [-0.25, -0.2) is 0 Å². The van der Waals surface area contributed by atoms with Gasteiger partial charge < -0.3 is 14.4 Å². The van der Waals surface area contributed by atoms with Gasteiger partial charge in [-0.2, -0.15) is 0 Å². The smallest absolute Gasteiger partial charge is 0.266 e. The highest BCUT2D eigenvalue weighted by molar-refractivity contribution is 6.09. The molecule has 2 aromatic carbocycles. The molecule has 0 fully saturated rings. The maximum Gasteiger partial charge on any atom is 0.266 e. The lowest BCUT2D eigenvalue weighted by molar-refractivity contribution is 0.0979. The molecule has 5 heteroatoms. The molecule has 0 aliphatic heterocycles. The minimum atomic E-state index is -0.197.